The monoisotopic (exact) mass is 269 g/mol. The van der Waals surface area contributed by atoms with E-state index >= 15 is 0 Å². The molecule has 0 aliphatic heterocycles. The summed E-state index contributed by atoms with van der Waals surface area (Å²) in [7, 11) is 0. The first-order valence-corrected chi connectivity index (χ1v) is 5.94. The Hall–Kier alpha value is -0.540. The second-order valence-corrected chi connectivity index (χ2v) is 5.88. The molecule has 1 aromatic rings. The van der Waals surface area contributed by atoms with E-state index in [4.69, 9.17) is 5.73 Å². The van der Waals surface area contributed by atoms with Crippen LogP contribution in [0.1, 0.15) is 32.3 Å². The first-order valence-electron chi connectivity index (χ1n) is 5.15. The van der Waals surface area contributed by atoms with E-state index in [1.165, 1.54) is 0 Å². The second kappa shape index (κ2) is 3.22. The van der Waals surface area contributed by atoms with Crippen molar-refractivity contribution in [3.05, 3.63) is 28.2 Å². The summed E-state index contributed by atoms with van der Waals surface area (Å²) >= 11 is 3.34. The van der Waals surface area contributed by atoms with Crippen LogP contribution >= 0.6 is 15.9 Å². The number of hydrogen-bond donors (Lipinski definition) is 2. The van der Waals surface area contributed by atoms with Gasteiger partial charge in [0.15, 0.2) is 0 Å². The molecule has 3 heteroatoms. The molecule has 0 atom stereocenters. The van der Waals surface area contributed by atoms with E-state index in [1.54, 1.807) is 6.07 Å². The maximum atomic E-state index is 9.94. The van der Waals surface area contributed by atoms with E-state index in [1.807, 2.05) is 26.0 Å². The van der Waals surface area contributed by atoms with Gasteiger partial charge in [-0.3, -0.25) is 0 Å². The highest BCUT2D eigenvalue weighted by Gasteiger charge is 2.54. The second-order valence-electron chi connectivity index (χ2n) is 4.97. The Morgan fingerprint density at radius 2 is 2.00 bits per heavy atom. The topological polar surface area (TPSA) is 46.2 Å². The molecular formula is C12H16BrNO. The Labute approximate surface area is 98.6 Å². The highest BCUT2D eigenvalue weighted by molar-refractivity contribution is 9.10. The van der Waals surface area contributed by atoms with Crippen molar-refractivity contribution in [2.24, 2.45) is 5.73 Å². The number of rotatable bonds is 2. The Bertz CT molecular complexity index is 391. The lowest BCUT2D eigenvalue weighted by Gasteiger charge is -2.31. The van der Waals surface area contributed by atoms with Gasteiger partial charge in [-0.05, 0) is 38.8 Å². The van der Waals surface area contributed by atoms with Crippen molar-refractivity contribution < 1.29 is 5.11 Å². The average Bonchev–Trinajstić information content (AvgIpc) is 2.83. The molecule has 0 radical (unpaired) electrons. The molecule has 2 rings (SSSR count). The van der Waals surface area contributed by atoms with Crippen LogP contribution in [0.25, 0.3) is 0 Å². The van der Waals surface area contributed by atoms with Crippen LogP contribution in [0, 0.1) is 0 Å². The molecule has 2 nitrogen and oxygen atoms in total. The van der Waals surface area contributed by atoms with E-state index < -0.39 is 0 Å². The minimum atomic E-state index is -0.279. The molecule has 1 saturated carbocycles. The predicted octanol–water partition coefficient (Wildman–Crippen LogP) is 2.92. The molecule has 1 aromatic carbocycles. The van der Waals surface area contributed by atoms with Crippen LogP contribution in [0.5, 0.6) is 5.75 Å². The largest absolute Gasteiger partial charge is 0.508 e. The SMILES string of the molecule is CC(C)(N)C1(c2ccc(Br)cc2O)CC1. The Morgan fingerprint density at radius 1 is 1.40 bits per heavy atom. The fourth-order valence-corrected chi connectivity index (χ4v) is 2.64. The van der Waals surface area contributed by atoms with Crippen LogP contribution in [0.15, 0.2) is 22.7 Å². The summed E-state index contributed by atoms with van der Waals surface area (Å²) in [6.07, 6.45) is 2.12. The average molecular weight is 270 g/mol. The van der Waals surface area contributed by atoms with Crippen LogP contribution in [0.2, 0.25) is 0 Å². The number of aromatic hydroxyl groups is 1. The predicted molar refractivity (Wildman–Crippen MR) is 65.0 cm³/mol. The van der Waals surface area contributed by atoms with Gasteiger partial charge in [-0.25, -0.2) is 0 Å². The van der Waals surface area contributed by atoms with Gasteiger partial charge in [0.25, 0.3) is 0 Å². The molecular weight excluding hydrogens is 254 g/mol. The van der Waals surface area contributed by atoms with Crippen molar-refractivity contribution in [2.75, 3.05) is 0 Å². The van der Waals surface area contributed by atoms with Crippen LogP contribution in [-0.2, 0) is 5.41 Å². The molecule has 0 aromatic heterocycles. The van der Waals surface area contributed by atoms with E-state index in [9.17, 15) is 5.11 Å². The Kier molecular flexibility index (Phi) is 2.36. The van der Waals surface area contributed by atoms with Crippen LogP contribution < -0.4 is 5.73 Å². The van der Waals surface area contributed by atoms with Gasteiger partial charge in [-0.2, -0.15) is 0 Å². The van der Waals surface area contributed by atoms with Gasteiger partial charge in [0.05, 0.1) is 0 Å². The smallest absolute Gasteiger partial charge is 0.120 e. The van der Waals surface area contributed by atoms with Crippen LogP contribution in [0.3, 0.4) is 0 Å². The molecule has 0 spiro atoms. The fourth-order valence-electron chi connectivity index (χ4n) is 2.30. The highest BCUT2D eigenvalue weighted by atomic mass is 79.9. The van der Waals surface area contributed by atoms with E-state index in [0.29, 0.717) is 5.75 Å². The minimum Gasteiger partial charge on any atom is -0.508 e. The number of phenolic OH excluding ortho intramolecular Hbond substituents is 1. The molecule has 0 bridgehead atoms. The van der Waals surface area contributed by atoms with Crippen molar-refractivity contribution in [2.45, 2.75) is 37.6 Å². The third kappa shape index (κ3) is 1.68. The van der Waals surface area contributed by atoms with Gasteiger partial charge >= 0.3 is 0 Å². The third-order valence-corrected chi connectivity index (χ3v) is 3.95. The summed E-state index contributed by atoms with van der Waals surface area (Å²) in [5, 5.41) is 9.94. The van der Waals surface area contributed by atoms with Crippen molar-refractivity contribution in [1.82, 2.24) is 0 Å². The quantitative estimate of drug-likeness (QED) is 0.868. The van der Waals surface area contributed by atoms with E-state index in [-0.39, 0.29) is 11.0 Å². The Balaban J connectivity index is 2.47. The highest BCUT2D eigenvalue weighted by Crippen LogP contribution is 2.57. The summed E-state index contributed by atoms with van der Waals surface area (Å²) in [5.41, 5.74) is 6.87. The van der Waals surface area contributed by atoms with E-state index in [2.05, 4.69) is 15.9 Å². The lowest BCUT2D eigenvalue weighted by molar-refractivity contribution is 0.372. The summed E-state index contributed by atoms with van der Waals surface area (Å²) in [5.74, 6) is 0.348. The maximum absolute atomic E-state index is 9.94. The standard InChI is InChI=1S/C12H16BrNO/c1-11(2,14)12(5-6-12)9-4-3-8(13)7-10(9)15/h3-4,7,15H,5-6,14H2,1-2H3. The molecule has 0 saturated heterocycles. The molecule has 15 heavy (non-hydrogen) atoms. The van der Waals surface area contributed by atoms with Crippen molar-refractivity contribution in [3.63, 3.8) is 0 Å². The van der Waals surface area contributed by atoms with Crippen molar-refractivity contribution >= 4 is 15.9 Å². The van der Waals surface area contributed by atoms with Gasteiger partial charge in [-0.1, -0.05) is 22.0 Å². The zero-order chi connectivity index (χ0) is 11.3. The molecule has 1 aliphatic rings. The molecule has 0 heterocycles. The molecule has 0 amide bonds. The van der Waals surface area contributed by atoms with Crippen LogP contribution in [0.4, 0.5) is 0 Å². The number of benzene rings is 1. The Morgan fingerprint density at radius 3 is 2.40 bits per heavy atom. The van der Waals surface area contributed by atoms with Gasteiger partial charge < -0.3 is 10.8 Å². The normalized spacial score (nSPS) is 18.9. The van der Waals surface area contributed by atoms with Crippen molar-refractivity contribution in [1.29, 1.82) is 0 Å². The molecule has 1 aliphatic carbocycles. The summed E-state index contributed by atoms with van der Waals surface area (Å²) in [6, 6.07) is 5.67. The number of halogens is 1. The van der Waals surface area contributed by atoms with Crippen LogP contribution in [-0.4, -0.2) is 10.6 Å². The lowest BCUT2D eigenvalue weighted by Crippen LogP contribution is -2.45. The zero-order valence-corrected chi connectivity index (χ0v) is 10.6. The number of nitrogens with two attached hydrogens (primary N) is 1. The third-order valence-electron chi connectivity index (χ3n) is 3.46. The molecule has 82 valence electrons. The summed E-state index contributed by atoms with van der Waals surface area (Å²) < 4.78 is 0.898. The van der Waals surface area contributed by atoms with Crippen molar-refractivity contribution in [3.8, 4) is 5.75 Å². The van der Waals surface area contributed by atoms with Gasteiger partial charge in [0.1, 0.15) is 5.75 Å². The summed E-state index contributed by atoms with van der Waals surface area (Å²) in [6.45, 7) is 4.06. The van der Waals surface area contributed by atoms with Gasteiger partial charge in [0.2, 0.25) is 0 Å². The van der Waals surface area contributed by atoms with Gasteiger partial charge in [0, 0.05) is 21.0 Å². The number of hydrogen-bond acceptors (Lipinski definition) is 2. The number of phenols is 1. The molecule has 3 N–H and O–H groups in total. The van der Waals surface area contributed by atoms with E-state index in [0.717, 1.165) is 22.9 Å². The first-order chi connectivity index (χ1) is 6.87. The molecule has 0 unspecified atom stereocenters. The minimum absolute atomic E-state index is 0.0300. The molecule has 1 fully saturated rings. The summed E-state index contributed by atoms with van der Waals surface area (Å²) in [4.78, 5) is 0. The maximum Gasteiger partial charge on any atom is 0.120 e. The first kappa shape index (κ1) is 11.0. The van der Waals surface area contributed by atoms with Gasteiger partial charge in [-0.15, -0.1) is 0 Å². The zero-order valence-electron chi connectivity index (χ0n) is 9.05. The lowest BCUT2D eigenvalue weighted by atomic mass is 9.79. The fraction of sp³-hybridized carbons (Fsp3) is 0.500.